The minimum absolute atomic E-state index is 0.0199. The van der Waals surface area contributed by atoms with E-state index in [0.717, 1.165) is 31.5 Å². The zero-order chi connectivity index (χ0) is 11.8. The highest BCUT2D eigenvalue weighted by Crippen LogP contribution is 2.36. The summed E-state index contributed by atoms with van der Waals surface area (Å²) in [6, 6.07) is 0. The van der Waals surface area contributed by atoms with Crippen LogP contribution in [-0.4, -0.2) is 29.5 Å². The molecule has 0 aromatic heterocycles. The largest absolute Gasteiger partial charge is 0.367 e. The molecule has 0 aromatic rings. The van der Waals surface area contributed by atoms with Gasteiger partial charge < -0.3 is 10.1 Å². The predicted octanol–water partition coefficient (Wildman–Crippen LogP) is 1.64. The first-order valence-electron chi connectivity index (χ1n) is 6.06. The maximum Gasteiger partial charge on any atom is 0.252 e. The van der Waals surface area contributed by atoms with E-state index in [1.165, 1.54) is 0 Å². The van der Waals surface area contributed by atoms with Crippen LogP contribution in [0.4, 0.5) is 0 Å². The van der Waals surface area contributed by atoms with E-state index in [9.17, 15) is 4.79 Å². The first-order valence-corrected chi connectivity index (χ1v) is 6.06. The van der Waals surface area contributed by atoms with Gasteiger partial charge in [-0.2, -0.15) is 0 Å². The van der Waals surface area contributed by atoms with Gasteiger partial charge in [0.25, 0.3) is 5.91 Å². The molecule has 2 aliphatic rings. The number of amidine groups is 1. The molecule has 2 rings (SSSR count). The SMILES string of the molecule is CCOC1(C2=NC(C)(C)C(=O)N2)CCCC1. The van der Waals surface area contributed by atoms with Crippen LogP contribution < -0.4 is 5.32 Å². The summed E-state index contributed by atoms with van der Waals surface area (Å²) in [6.07, 6.45) is 4.23. The molecule has 0 atom stereocenters. The summed E-state index contributed by atoms with van der Waals surface area (Å²) in [4.78, 5) is 16.2. The molecule has 0 unspecified atom stereocenters. The van der Waals surface area contributed by atoms with Crippen molar-refractivity contribution < 1.29 is 9.53 Å². The maximum atomic E-state index is 11.7. The van der Waals surface area contributed by atoms with Crippen LogP contribution in [0.2, 0.25) is 0 Å². The van der Waals surface area contributed by atoms with Crippen molar-refractivity contribution in [2.75, 3.05) is 6.61 Å². The van der Waals surface area contributed by atoms with E-state index >= 15 is 0 Å². The molecule has 0 spiro atoms. The van der Waals surface area contributed by atoms with Gasteiger partial charge in [-0.05, 0) is 46.5 Å². The Morgan fingerprint density at radius 3 is 2.44 bits per heavy atom. The van der Waals surface area contributed by atoms with Gasteiger partial charge in [0.1, 0.15) is 17.0 Å². The Labute approximate surface area is 96.5 Å². The van der Waals surface area contributed by atoms with E-state index in [1.54, 1.807) is 0 Å². The molecule has 1 fully saturated rings. The fourth-order valence-corrected chi connectivity index (χ4v) is 2.51. The lowest BCUT2D eigenvalue weighted by Crippen LogP contribution is -2.47. The second kappa shape index (κ2) is 3.84. The van der Waals surface area contributed by atoms with Crippen molar-refractivity contribution in [1.29, 1.82) is 0 Å². The van der Waals surface area contributed by atoms with Crippen LogP contribution in [0.1, 0.15) is 46.5 Å². The molecule has 0 aromatic carbocycles. The molecule has 1 N–H and O–H groups in total. The van der Waals surface area contributed by atoms with E-state index in [1.807, 2.05) is 20.8 Å². The fourth-order valence-electron chi connectivity index (χ4n) is 2.51. The smallest absolute Gasteiger partial charge is 0.252 e. The predicted molar refractivity (Wildman–Crippen MR) is 62.5 cm³/mol. The van der Waals surface area contributed by atoms with Crippen LogP contribution in [0.25, 0.3) is 0 Å². The van der Waals surface area contributed by atoms with Gasteiger partial charge in [0, 0.05) is 6.61 Å². The molecule has 16 heavy (non-hydrogen) atoms. The molecular formula is C12H20N2O2. The van der Waals surface area contributed by atoms with Crippen molar-refractivity contribution in [1.82, 2.24) is 5.32 Å². The lowest BCUT2D eigenvalue weighted by molar-refractivity contribution is -0.122. The minimum atomic E-state index is -0.637. The topological polar surface area (TPSA) is 50.7 Å². The van der Waals surface area contributed by atoms with E-state index < -0.39 is 5.54 Å². The van der Waals surface area contributed by atoms with Crippen LogP contribution >= 0.6 is 0 Å². The van der Waals surface area contributed by atoms with Crippen molar-refractivity contribution in [2.24, 2.45) is 4.99 Å². The Bertz CT molecular complexity index is 328. The van der Waals surface area contributed by atoms with Gasteiger partial charge in [0.15, 0.2) is 0 Å². The number of ether oxygens (including phenoxy) is 1. The second-order valence-electron chi connectivity index (χ2n) is 5.11. The lowest BCUT2D eigenvalue weighted by atomic mass is 10.0. The van der Waals surface area contributed by atoms with Crippen molar-refractivity contribution in [3.63, 3.8) is 0 Å². The van der Waals surface area contributed by atoms with Crippen LogP contribution in [0.5, 0.6) is 0 Å². The maximum absolute atomic E-state index is 11.7. The van der Waals surface area contributed by atoms with Gasteiger partial charge in [0.2, 0.25) is 0 Å². The van der Waals surface area contributed by atoms with E-state index in [4.69, 9.17) is 4.74 Å². The molecule has 1 saturated carbocycles. The Morgan fingerprint density at radius 2 is 2.00 bits per heavy atom. The van der Waals surface area contributed by atoms with Crippen molar-refractivity contribution in [3.05, 3.63) is 0 Å². The van der Waals surface area contributed by atoms with Crippen molar-refractivity contribution in [3.8, 4) is 0 Å². The number of hydrogen-bond donors (Lipinski definition) is 1. The molecule has 4 nitrogen and oxygen atoms in total. The molecule has 90 valence electrons. The summed E-state index contributed by atoms with van der Waals surface area (Å²) < 4.78 is 5.87. The number of carbonyl (C=O) groups is 1. The third-order valence-corrected chi connectivity index (χ3v) is 3.44. The Morgan fingerprint density at radius 1 is 1.38 bits per heavy atom. The first-order chi connectivity index (χ1) is 7.50. The quantitative estimate of drug-likeness (QED) is 0.792. The highest BCUT2D eigenvalue weighted by Gasteiger charge is 2.46. The van der Waals surface area contributed by atoms with Crippen LogP contribution in [0.3, 0.4) is 0 Å². The monoisotopic (exact) mass is 224 g/mol. The number of hydrogen-bond acceptors (Lipinski definition) is 3. The van der Waals surface area contributed by atoms with E-state index in [-0.39, 0.29) is 11.5 Å². The Hall–Kier alpha value is -0.900. The summed E-state index contributed by atoms with van der Waals surface area (Å²) in [5.41, 5.74) is -0.958. The molecule has 1 aliphatic heterocycles. The van der Waals surface area contributed by atoms with Crippen molar-refractivity contribution >= 4 is 11.7 Å². The zero-order valence-electron chi connectivity index (χ0n) is 10.3. The van der Waals surface area contributed by atoms with Gasteiger partial charge in [-0.3, -0.25) is 9.79 Å². The van der Waals surface area contributed by atoms with Gasteiger partial charge in [0.05, 0.1) is 0 Å². The summed E-state index contributed by atoms with van der Waals surface area (Å²) in [5.74, 6) is 0.732. The third kappa shape index (κ3) is 1.75. The van der Waals surface area contributed by atoms with Crippen molar-refractivity contribution in [2.45, 2.75) is 57.6 Å². The molecule has 0 saturated heterocycles. The summed E-state index contributed by atoms with van der Waals surface area (Å²) in [6.45, 7) is 6.33. The summed E-state index contributed by atoms with van der Waals surface area (Å²) >= 11 is 0. The van der Waals surface area contributed by atoms with Crippen LogP contribution in [-0.2, 0) is 9.53 Å². The normalized spacial score (nSPS) is 26.7. The lowest BCUT2D eigenvalue weighted by Gasteiger charge is -2.28. The third-order valence-electron chi connectivity index (χ3n) is 3.44. The number of amides is 1. The Kier molecular flexibility index (Phi) is 2.78. The van der Waals surface area contributed by atoms with Gasteiger partial charge in [-0.1, -0.05) is 0 Å². The fraction of sp³-hybridized carbons (Fsp3) is 0.833. The minimum Gasteiger partial charge on any atom is -0.367 e. The zero-order valence-corrected chi connectivity index (χ0v) is 10.3. The molecule has 0 bridgehead atoms. The molecule has 1 heterocycles. The van der Waals surface area contributed by atoms with Crippen LogP contribution in [0.15, 0.2) is 4.99 Å². The standard InChI is InChI=1S/C12H20N2O2/c1-4-16-12(7-5-6-8-12)9-13-10(15)11(2,3)14-9/h4-8H2,1-3H3,(H,13,14,15). The molecule has 1 amide bonds. The summed E-state index contributed by atoms with van der Waals surface area (Å²) in [7, 11) is 0. The average molecular weight is 224 g/mol. The molecule has 0 radical (unpaired) electrons. The number of carbonyl (C=O) groups excluding carboxylic acids is 1. The highest BCUT2D eigenvalue weighted by atomic mass is 16.5. The molecule has 4 heteroatoms. The summed E-state index contributed by atoms with van der Waals surface area (Å²) in [5, 5.41) is 2.90. The Balaban J connectivity index is 2.26. The molecule has 1 aliphatic carbocycles. The van der Waals surface area contributed by atoms with Gasteiger partial charge in [-0.15, -0.1) is 0 Å². The van der Waals surface area contributed by atoms with Crippen LogP contribution in [0, 0.1) is 0 Å². The highest BCUT2D eigenvalue weighted by molar-refractivity contribution is 6.11. The number of rotatable bonds is 3. The number of nitrogens with one attached hydrogen (secondary N) is 1. The number of nitrogens with zero attached hydrogens (tertiary/aromatic N) is 1. The van der Waals surface area contributed by atoms with E-state index in [0.29, 0.717) is 6.61 Å². The van der Waals surface area contributed by atoms with Gasteiger partial charge >= 0.3 is 0 Å². The first kappa shape index (κ1) is 11.6. The average Bonchev–Trinajstić information content (AvgIpc) is 2.75. The second-order valence-corrected chi connectivity index (χ2v) is 5.11. The molecular weight excluding hydrogens is 204 g/mol. The van der Waals surface area contributed by atoms with E-state index in [2.05, 4.69) is 10.3 Å². The van der Waals surface area contributed by atoms with Gasteiger partial charge in [-0.25, -0.2) is 0 Å². The number of aliphatic imine (C=N–C) groups is 1.